The number of rotatable bonds is 5. The molecule has 110 valence electrons. The molecule has 1 amide bonds. The van der Waals surface area contributed by atoms with Gasteiger partial charge in [0.1, 0.15) is 5.75 Å². The van der Waals surface area contributed by atoms with Gasteiger partial charge in [-0.1, -0.05) is 12.1 Å². The first-order chi connectivity index (χ1) is 9.58. The van der Waals surface area contributed by atoms with Gasteiger partial charge in [-0.3, -0.25) is 4.79 Å². The van der Waals surface area contributed by atoms with Crippen molar-refractivity contribution >= 4 is 21.8 Å². The molecule has 0 aromatic heterocycles. The van der Waals surface area contributed by atoms with Crippen LogP contribution in [0.15, 0.2) is 28.7 Å². The predicted molar refractivity (Wildman–Crippen MR) is 80.8 cm³/mol. The SMILES string of the molecule is CC(Oc1ccccc1Br)C(=O)NC(C)C1CCCO1. The largest absolute Gasteiger partial charge is 0.480 e. The maximum Gasteiger partial charge on any atom is 0.261 e. The molecular formula is C15H20BrNO3. The van der Waals surface area contributed by atoms with Gasteiger partial charge in [0.15, 0.2) is 6.10 Å². The summed E-state index contributed by atoms with van der Waals surface area (Å²) in [6.45, 7) is 4.50. The van der Waals surface area contributed by atoms with Crippen LogP contribution in [0.4, 0.5) is 0 Å². The van der Waals surface area contributed by atoms with E-state index >= 15 is 0 Å². The molecule has 1 fully saturated rings. The number of benzene rings is 1. The highest BCUT2D eigenvalue weighted by atomic mass is 79.9. The zero-order chi connectivity index (χ0) is 14.5. The van der Waals surface area contributed by atoms with Gasteiger partial charge in [-0.25, -0.2) is 0 Å². The van der Waals surface area contributed by atoms with Gasteiger partial charge < -0.3 is 14.8 Å². The van der Waals surface area contributed by atoms with Crippen LogP contribution in [0, 0.1) is 0 Å². The van der Waals surface area contributed by atoms with E-state index < -0.39 is 6.10 Å². The maximum atomic E-state index is 12.1. The lowest BCUT2D eigenvalue weighted by Crippen LogP contribution is -2.46. The van der Waals surface area contributed by atoms with E-state index in [4.69, 9.17) is 9.47 Å². The van der Waals surface area contributed by atoms with Crippen LogP contribution >= 0.6 is 15.9 Å². The molecule has 0 aliphatic carbocycles. The molecule has 1 aliphatic rings. The van der Waals surface area contributed by atoms with Crippen molar-refractivity contribution in [2.75, 3.05) is 6.61 Å². The second-order valence-corrected chi connectivity index (χ2v) is 5.89. The fraction of sp³-hybridized carbons (Fsp3) is 0.533. The van der Waals surface area contributed by atoms with Gasteiger partial charge in [-0.2, -0.15) is 0 Å². The van der Waals surface area contributed by atoms with Gasteiger partial charge in [-0.05, 0) is 54.8 Å². The number of carbonyl (C=O) groups is 1. The van der Waals surface area contributed by atoms with Crippen molar-refractivity contribution in [3.05, 3.63) is 28.7 Å². The highest BCUT2D eigenvalue weighted by Gasteiger charge is 2.25. The normalized spacial score (nSPS) is 21.2. The average Bonchev–Trinajstić information content (AvgIpc) is 2.95. The molecule has 3 atom stereocenters. The number of nitrogens with one attached hydrogen (secondary N) is 1. The summed E-state index contributed by atoms with van der Waals surface area (Å²) >= 11 is 3.40. The van der Waals surface area contributed by atoms with Crippen LogP contribution in [0.5, 0.6) is 5.75 Å². The first-order valence-corrected chi connectivity index (χ1v) is 7.70. The second kappa shape index (κ2) is 7.09. The van der Waals surface area contributed by atoms with E-state index in [0.717, 1.165) is 23.9 Å². The topological polar surface area (TPSA) is 47.6 Å². The van der Waals surface area contributed by atoms with Crippen molar-refractivity contribution in [1.82, 2.24) is 5.32 Å². The minimum absolute atomic E-state index is 0.00950. The van der Waals surface area contributed by atoms with Crippen LogP contribution in [0.2, 0.25) is 0 Å². The monoisotopic (exact) mass is 341 g/mol. The molecule has 5 heteroatoms. The molecule has 1 N–H and O–H groups in total. The van der Waals surface area contributed by atoms with Gasteiger partial charge in [-0.15, -0.1) is 0 Å². The zero-order valence-electron chi connectivity index (χ0n) is 11.8. The third kappa shape index (κ3) is 3.96. The van der Waals surface area contributed by atoms with E-state index in [-0.39, 0.29) is 18.1 Å². The molecule has 0 spiro atoms. The second-order valence-electron chi connectivity index (χ2n) is 5.04. The lowest BCUT2D eigenvalue weighted by atomic mass is 10.1. The lowest BCUT2D eigenvalue weighted by molar-refractivity contribution is -0.128. The van der Waals surface area contributed by atoms with Crippen molar-refractivity contribution in [3.8, 4) is 5.75 Å². The van der Waals surface area contributed by atoms with Gasteiger partial charge >= 0.3 is 0 Å². The van der Waals surface area contributed by atoms with Crippen LogP contribution in [-0.4, -0.2) is 30.8 Å². The summed E-state index contributed by atoms with van der Waals surface area (Å²) in [7, 11) is 0. The first-order valence-electron chi connectivity index (χ1n) is 6.91. The Morgan fingerprint density at radius 1 is 1.45 bits per heavy atom. The summed E-state index contributed by atoms with van der Waals surface area (Å²) in [5.74, 6) is 0.545. The van der Waals surface area contributed by atoms with Gasteiger partial charge in [0.05, 0.1) is 16.6 Å². The van der Waals surface area contributed by atoms with Gasteiger partial charge in [0.2, 0.25) is 0 Å². The number of halogens is 1. The van der Waals surface area contributed by atoms with Crippen LogP contribution in [0.3, 0.4) is 0 Å². The molecule has 1 aromatic carbocycles. The van der Waals surface area contributed by atoms with Crippen molar-refractivity contribution in [2.45, 2.75) is 44.9 Å². The molecule has 20 heavy (non-hydrogen) atoms. The summed E-state index contributed by atoms with van der Waals surface area (Å²) in [6, 6.07) is 7.50. The third-order valence-electron chi connectivity index (χ3n) is 3.40. The summed E-state index contributed by atoms with van der Waals surface area (Å²) in [6.07, 6.45) is 1.64. The number of hydrogen-bond donors (Lipinski definition) is 1. The average molecular weight is 342 g/mol. The van der Waals surface area contributed by atoms with Crippen LogP contribution in [-0.2, 0) is 9.53 Å². The van der Waals surface area contributed by atoms with Crippen molar-refractivity contribution in [3.63, 3.8) is 0 Å². The summed E-state index contributed by atoms with van der Waals surface area (Å²) in [5.41, 5.74) is 0. The van der Waals surface area contributed by atoms with E-state index in [1.165, 1.54) is 0 Å². The smallest absolute Gasteiger partial charge is 0.261 e. The number of amides is 1. The first kappa shape index (κ1) is 15.3. The lowest BCUT2D eigenvalue weighted by Gasteiger charge is -2.22. The Morgan fingerprint density at radius 3 is 2.85 bits per heavy atom. The standard InChI is InChI=1S/C15H20BrNO3/c1-10(13-8-5-9-19-13)17-15(18)11(2)20-14-7-4-3-6-12(14)16/h3-4,6-7,10-11,13H,5,8-9H2,1-2H3,(H,17,18). The molecular weight excluding hydrogens is 322 g/mol. The molecule has 0 radical (unpaired) electrons. The molecule has 0 bridgehead atoms. The Balaban J connectivity index is 1.87. The third-order valence-corrected chi connectivity index (χ3v) is 4.06. The van der Waals surface area contributed by atoms with Crippen molar-refractivity contribution < 1.29 is 14.3 Å². The number of ether oxygens (including phenoxy) is 2. The van der Waals surface area contributed by atoms with E-state index in [1.54, 1.807) is 6.92 Å². The van der Waals surface area contributed by atoms with Crippen LogP contribution in [0.1, 0.15) is 26.7 Å². The Hall–Kier alpha value is -1.07. The number of para-hydroxylation sites is 1. The molecule has 1 aliphatic heterocycles. The molecule has 1 aromatic rings. The molecule has 2 rings (SSSR count). The van der Waals surface area contributed by atoms with E-state index in [0.29, 0.717) is 5.75 Å². The molecule has 3 unspecified atom stereocenters. The van der Waals surface area contributed by atoms with E-state index in [9.17, 15) is 4.79 Å². The minimum atomic E-state index is -0.544. The fourth-order valence-electron chi connectivity index (χ4n) is 2.22. The minimum Gasteiger partial charge on any atom is -0.480 e. The molecule has 1 heterocycles. The molecule has 4 nitrogen and oxygen atoms in total. The quantitative estimate of drug-likeness (QED) is 0.895. The fourth-order valence-corrected chi connectivity index (χ4v) is 2.59. The summed E-state index contributed by atoms with van der Waals surface area (Å²) in [5, 5.41) is 2.96. The Kier molecular flexibility index (Phi) is 5.43. The Labute approximate surface area is 128 Å². The van der Waals surface area contributed by atoms with E-state index in [1.807, 2.05) is 31.2 Å². The van der Waals surface area contributed by atoms with Crippen molar-refractivity contribution in [1.29, 1.82) is 0 Å². The van der Waals surface area contributed by atoms with Gasteiger partial charge in [0, 0.05) is 6.61 Å². The Morgan fingerprint density at radius 2 is 2.20 bits per heavy atom. The zero-order valence-corrected chi connectivity index (χ0v) is 13.4. The Bertz CT molecular complexity index is 460. The molecule has 0 saturated carbocycles. The van der Waals surface area contributed by atoms with Crippen LogP contribution < -0.4 is 10.1 Å². The summed E-state index contributed by atoms with van der Waals surface area (Å²) < 4.78 is 12.1. The maximum absolute atomic E-state index is 12.1. The number of carbonyl (C=O) groups excluding carboxylic acids is 1. The molecule has 1 saturated heterocycles. The number of hydrogen-bond acceptors (Lipinski definition) is 3. The summed E-state index contributed by atoms with van der Waals surface area (Å²) in [4.78, 5) is 12.1. The highest BCUT2D eigenvalue weighted by Crippen LogP contribution is 2.25. The van der Waals surface area contributed by atoms with Crippen LogP contribution in [0.25, 0.3) is 0 Å². The van der Waals surface area contributed by atoms with E-state index in [2.05, 4.69) is 21.2 Å². The van der Waals surface area contributed by atoms with Crippen molar-refractivity contribution in [2.24, 2.45) is 0 Å². The highest BCUT2D eigenvalue weighted by molar-refractivity contribution is 9.10. The predicted octanol–water partition coefficient (Wildman–Crippen LogP) is 2.90. The van der Waals surface area contributed by atoms with Gasteiger partial charge in [0.25, 0.3) is 5.91 Å².